The number of likely N-dealkylation sites (N-methyl/N-ethyl adjacent to an activating group) is 1. The number of hydrogen-bond acceptors (Lipinski definition) is 5. The predicted octanol–water partition coefficient (Wildman–Crippen LogP) is 0.235. The number of amides is 2. The normalized spacial score (nSPS) is 21.8. The third kappa shape index (κ3) is 3.36. The monoisotopic (exact) mass is 280 g/mol. The van der Waals surface area contributed by atoms with Crippen LogP contribution in [-0.4, -0.2) is 48.6 Å². The van der Waals surface area contributed by atoms with E-state index in [4.69, 9.17) is 4.52 Å². The van der Waals surface area contributed by atoms with E-state index in [0.717, 1.165) is 6.54 Å². The van der Waals surface area contributed by atoms with Gasteiger partial charge in [-0.3, -0.25) is 9.59 Å². The Morgan fingerprint density at radius 1 is 1.55 bits per heavy atom. The molecule has 0 unspecified atom stereocenters. The molecule has 1 aliphatic rings. The molecule has 0 aliphatic carbocycles. The third-order valence-electron chi connectivity index (χ3n) is 3.49. The van der Waals surface area contributed by atoms with Crippen LogP contribution in [0.4, 0.5) is 5.82 Å². The van der Waals surface area contributed by atoms with Gasteiger partial charge in [0.1, 0.15) is 5.76 Å². The lowest BCUT2D eigenvalue weighted by Crippen LogP contribution is -2.40. The highest BCUT2D eigenvalue weighted by Gasteiger charge is 2.32. The zero-order valence-corrected chi connectivity index (χ0v) is 12.0. The van der Waals surface area contributed by atoms with Crippen LogP contribution in [0, 0.1) is 18.8 Å². The van der Waals surface area contributed by atoms with E-state index in [1.54, 1.807) is 20.0 Å². The molecule has 0 spiro atoms. The highest BCUT2D eigenvalue weighted by molar-refractivity contribution is 5.94. The van der Waals surface area contributed by atoms with E-state index in [1.165, 1.54) is 4.90 Å². The molecule has 20 heavy (non-hydrogen) atoms. The van der Waals surface area contributed by atoms with Gasteiger partial charge in [0.2, 0.25) is 11.8 Å². The van der Waals surface area contributed by atoms with Crippen LogP contribution in [0.2, 0.25) is 0 Å². The summed E-state index contributed by atoms with van der Waals surface area (Å²) in [6.45, 7) is 5.30. The molecule has 2 rings (SSSR count). The molecule has 1 aliphatic heterocycles. The Labute approximate surface area is 117 Å². The van der Waals surface area contributed by atoms with Gasteiger partial charge in [0.05, 0.1) is 12.5 Å². The summed E-state index contributed by atoms with van der Waals surface area (Å²) in [6.07, 6.45) is 0. The second-order valence-electron chi connectivity index (χ2n) is 5.31. The molecule has 7 nitrogen and oxygen atoms in total. The maximum absolute atomic E-state index is 12.2. The summed E-state index contributed by atoms with van der Waals surface area (Å²) in [7, 11) is 1.64. The van der Waals surface area contributed by atoms with Crippen molar-refractivity contribution in [1.29, 1.82) is 0 Å². The Morgan fingerprint density at radius 2 is 2.30 bits per heavy atom. The second kappa shape index (κ2) is 6.04. The van der Waals surface area contributed by atoms with Crippen LogP contribution in [0.3, 0.4) is 0 Å². The van der Waals surface area contributed by atoms with E-state index in [0.29, 0.717) is 24.0 Å². The first kappa shape index (κ1) is 14.5. The quantitative estimate of drug-likeness (QED) is 0.824. The zero-order chi connectivity index (χ0) is 14.7. The molecule has 7 heteroatoms. The van der Waals surface area contributed by atoms with E-state index in [9.17, 15) is 9.59 Å². The molecule has 1 saturated heterocycles. The molecule has 0 bridgehead atoms. The number of nitrogens with zero attached hydrogens (tertiary/aromatic N) is 2. The molecule has 0 saturated carbocycles. The fraction of sp³-hybridized carbons (Fsp3) is 0.615. The first-order valence-electron chi connectivity index (χ1n) is 6.66. The standard InChI is InChI=1S/C13H20N4O3/c1-8-5-14-6-10(8)13(19)17(3)7-12(18)15-11-4-9(2)20-16-11/h4,8,10,14H,5-7H2,1-3H3,(H,15,16,18)/t8-,10-/m1/s1. The smallest absolute Gasteiger partial charge is 0.245 e. The van der Waals surface area contributed by atoms with Crippen LogP contribution in [-0.2, 0) is 9.59 Å². The topological polar surface area (TPSA) is 87.5 Å². The highest BCUT2D eigenvalue weighted by atomic mass is 16.5. The molecule has 0 aromatic carbocycles. The van der Waals surface area contributed by atoms with Crippen molar-refractivity contribution < 1.29 is 14.1 Å². The molecule has 2 amide bonds. The Morgan fingerprint density at radius 3 is 2.85 bits per heavy atom. The number of carbonyl (C=O) groups is 2. The SMILES string of the molecule is Cc1cc(NC(=O)CN(C)C(=O)[C@@H]2CNC[C@H]2C)no1. The number of aromatic nitrogens is 1. The third-order valence-corrected chi connectivity index (χ3v) is 3.49. The summed E-state index contributed by atoms with van der Waals surface area (Å²) >= 11 is 0. The van der Waals surface area contributed by atoms with Gasteiger partial charge in [0.15, 0.2) is 5.82 Å². The first-order valence-corrected chi connectivity index (χ1v) is 6.66. The minimum atomic E-state index is -0.284. The van der Waals surface area contributed by atoms with Crippen molar-refractivity contribution in [3.63, 3.8) is 0 Å². The Hall–Kier alpha value is -1.89. The second-order valence-corrected chi connectivity index (χ2v) is 5.31. The summed E-state index contributed by atoms with van der Waals surface area (Å²) < 4.78 is 4.86. The number of aryl methyl sites for hydroxylation is 1. The molecule has 2 N–H and O–H groups in total. The van der Waals surface area contributed by atoms with Gasteiger partial charge >= 0.3 is 0 Å². The molecule has 1 aromatic rings. The molecule has 0 radical (unpaired) electrons. The molecule has 1 fully saturated rings. The minimum Gasteiger partial charge on any atom is -0.360 e. The van der Waals surface area contributed by atoms with Gasteiger partial charge in [-0.15, -0.1) is 0 Å². The van der Waals surface area contributed by atoms with Crippen molar-refractivity contribution in [2.24, 2.45) is 11.8 Å². The van der Waals surface area contributed by atoms with Crippen LogP contribution in [0.15, 0.2) is 10.6 Å². The molecule has 1 aromatic heterocycles. The number of anilines is 1. The fourth-order valence-electron chi connectivity index (χ4n) is 2.32. The highest BCUT2D eigenvalue weighted by Crippen LogP contribution is 2.18. The number of hydrogen-bond donors (Lipinski definition) is 2. The lowest BCUT2D eigenvalue weighted by atomic mass is 9.97. The average Bonchev–Trinajstić information content (AvgIpc) is 2.97. The fourth-order valence-corrected chi connectivity index (χ4v) is 2.32. The summed E-state index contributed by atoms with van der Waals surface area (Å²) in [5.41, 5.74) is 0. The van der Waals surface area contributed by atoms with Crippen LogP contribution >= 0.6 is 0 Å². The summed E-state index contributed by atoms with van der Waals surface area (Å²) in [4.78, 5) is 25.5. The van der Waals surface area contributed by atoms with Crippen LogP contribution in [0.1, 0.15) is 12.7 Å². The molecular weight excluding hydrogens is 260 g/mol. The number of carbonyl (C=O) groups excluding carboxylic acids is 2. The van der Waals surface area contributed by atoms with Gasteiger partial charge in [-0.05, 0) is 19.4 Å². The van der Waals surface area contributed by atoms with E-state index < -0.39 is 0 Å². The molecular formula is C13H20N4O3. The van der Waals surface area contributed by atoms with Crippen molar-refractivity contribution in [2.45, 2.75) is 13.8 Å². The Bertz CT molecular complexity index is 500. The molecule has 110 valence electrons. The van der Waals surface area contributed by atoms with E-state index in [-0.39, 0.29) is 24.3 Å². The maximum atomic E-state index is 12.2. The number of nitrogens with one attached hydrogen (secondary N) is 2. The van der Waals surface area contributed by atoms with Crippen LogP contribution < -0.4 is 10.6 Å². The Kier molecular flexibility index (Phi) is 4.39. The van der Waals surface area contributed by atoms with E-state index in [2.05, 4.69) is 15.8 Å². The lowest BCUT2D eigenvalue weighted by molar-refractivity contribution is -0.137. The first-order chi connectivity index (χ1) is 9.47. The van der Waals surface area contributed by atoms with Gasteiger partial charge in [0.25, 0.3) is 0 Å². The van der Waals surface area contributed by atoms with Gasteiger partial charge in [-0.1, -0.05) is 12.1 Å². The van der Waals surface area contributed by atoms with Crippen LogP contribution in [0.5, 0.6) is 0 Å². The van der Waals surface area contributed by atoms with Gasteiger partial charge in [-0.2, -0.15) is 0 Å². The maximum Gasteiger partial charge on any atom is 0.245 e. The van der Waals surface area contributed by atoms with Crippen molar-refractivity contribution in [3.05, 3.63) is 11.8 Å². The van der Waals surface area contributed by atoms with Crippen molar-refractivity contribution >= 4 is 17.6 Å². The lowest BCUT2D eigenvalue weighted by Gasteiger charge is -2.22. The largest absolute Gasteiger partial charge is 0.360 e. The van der Waals surface area contributed by atoms with Crippen LogP contribution in [0.25, 0.3) is 0 Å². The van der Waals surface area contributed by atoms with Gasteiger partial charge in [-0.25, -0.2) is 0 Å². The van der Waals surface area contributed by atoms with E-state index >= 15 is 0 Å². The molecule has 2 atom stereocenters. The van der Waals surface area contributed by atoms with Gasteiger partial charge < -0.3 is 20.1 Å². The van der Waals surface area contributed by atoms with Crippen molar-refractivity contribution in [3.8, 4) is 0 Å². The minimum absolute atomic E-state index is 0.00557. The number of rotatable bonds is 4. The van der Waals surface area contributed by atoms with Crippen molar-refractivity contribution in [2.75, 3.05) is 32.0 Å². The zero-order valence-electron chi connectivity index (χ0n) is 12.0. The predicted molar refractivity (Wildman–Crippen MR) is 73.0 cm³/mol. The molecule has 2 heterocycles. The summed E-state index contributed by atoms with van der Waals surface area (Å²) in [6, 6.07) is 1.63. The van der Waals surface area contributed by atoms with E-state index in [1.807, 2.05) is 6.92 Å². The summed E-state index contributed by atoms with van der Waals surface area (Å²) in [5, 5.41) is 9.46. The summed E-state index contributed by atoms with van der Waals surface area (Å²) in [5.74, 6) is 0.940. The van der Waals surface area contributed by atoms with Crippen molar-refractivity contribution in [1.82, 2.24) is 15.4 Å². The average molecular weight is 280 g/mol. The van der Waals surface area contributed by atoms with Gasteiger partial charge in [0, 0.05) is 19.7 Å². The Balaban J connectivity index is 1.85.